The van der Waals surface area contributed by atoms with Gasteiger partial charge in [0.1, 0.15) is 5.75 Å². The summed E-state index contributed by atoms with van der Waals surface area (Å²) in [7, 11) is 0. The Morgan fingerprint density at radius 3 is 2.41 bits per heavy atom. The van der Waals surface area contributed by atoms with Crippen molar-refractivity contribution >= 4 is 31.9 Å². The smallest absolute Gasteiger partial charge is 0.219 e. The van der Waals surface area contributed by atoms with E-state index in [1.54, 1.807) is 0 Å². The normalized spacial score (nSPS) is 10.4. The monoisotopic (exact) mass is 355 g/mol. The molecule has 0 aliphatic heterocycles. The first-order chi connectivity index (χ1) is 8.06. The number of aromatic nitrogens is 1. The fraction of sp³-hybridized carbons (Fsp3) is 0.154. The van der Waals surface area contributed by atoms with Crippen molar-refractivity contribution in [1.82, 2.24) is 4.98 Å². The van der Waals surface area contributed by atoms with E-state index in [4.69, 9.17) is 4.74 Å². The van der Waals surface area contributed by atoms with Crippen molar-refractivity contribution in [3.63, 3.8) is 0 Å². The number of nitrogens with zero attached hydrogens (tertiary/aromatic N) is 1. The zero-order chi connectivity index (χ0) is 12.4. The molecule has 88 valence electrons. The molecule has 0 N–H and O–H groups in total. The van der Waals surface area contributed by atoms with Gasteiger partial charge in [-0.2, -0.15) is 0 Å². The van der Waals surface area contributed by atoms with Crippen LogP contribution in [0.1, 0.15) is 11.3 Å². The molecule has 0 saturated carbocycles. The van der Waals surface area contributed by atoms with Gasteiger partial charge in [-0.3, -0.25) is 0 Å². The fourth-order valence-electron chi connectivity index (χ4n) is 1.38. The Balaban J connectivity index is 2.28. The Morgan fingerprint density at radius 1 is 1.00 bits per heavy atom. The van der Waals surface area contributed by atoms with E-state index < -0.39 is 0 Å². The minimum absolute atomic E-state index is 0.593. The molecule has 2 rings (SSSR count). The second-order valence-electron chi connectivity index (χ2n) is 3.75. The van der Waals surface area contributed by atoms with E-state index in [2.05, 4.69) is 36.8 Å². The summed E-state index contributed by atoms with van der Waals surface area (Å²) >= 11 is 6.89. The van der Waals surface area contributed by atoms with Gasteiger partial charge in [0.25, 0.3) is 0 Å². The highest BCUT2D eigenvalue weighted by atomic mass is 79.9. The zero-order valence-electron chi connectivity index (χ0n) is 9.50. The first-order valence-corrected chi connectivity index (χ1v) is 6.72. The summed E-state index contributed by atoms with van der Waals surface area (Å²) in [4.78, 5) is 4.34. The molecule has 0 spiro atoms. The van der Waals surface area contributed by atoms with Gasteiger partial charge in [-0.1, -0.05) is 6.07 Å². The standard InChI is InChI=1S/C13H11Br2NO/c1-8-3-5-12(11(15)7-8)17-13-6-4-10(14)9(2)16-13/h3-7H,1-2H3. The van der Waals surface area contributed by atoms with E-state index in [1.165, 1.54) is 5.56 Å². The lowest BCUT2D eigenvalue weighted by Gasteiger charge is -2.08. The zero-order valence-corrected chi connectivity index (χ0v) is 12.7. The molecule has 2 aromatic rings. The number of pyridine rings is 1. The molecule has 0 unspecified atom stereocenters. The number of aryl methyl sites for hydroxylation is 2. The number of halogens is 2. The number of benzene rings is 1. The van der Waals surface area contributed by atoms with E-state index >= 15 is 0 Å². The van der Waals surface area contributed by atoms with Crippen molar-refractivity contribution in [2.45, 2.75) is 13.8 Å². The van der Waals surface area contributed by atoms with Crippen LogP contribution >= 0.6 is 31.9 Å². The minimum Gasteiger partial charge on any atom is -0.438 e. The Kier molecular flexibility index (Phi) is 3.84. The van der Waals surface area contributed by atoms with Gasteiger partial charge in [0.2, 0.25) is 5.88 Å². The fourth-order valence-corrected chi connectivity index (χ4v) is 2.17. The van der Waals surface area contributed by atoms with Gasteiger partial charge in [0.05, 0.1) is 10.2 Å². The summed E-state index contributed by atoms with van der Waals surface area (Å²) < 4.78 is 7.63. The van der Waals surface area contributed by atoms with Crippen LogP contribution in [-0.4, -0.2) is 4.98 Å². The van der Waals surface area contributed by atoms with Gasteiger partial charge in [-0.15, -0.1) is 0 Å². The highest BCUT2D eigenvalue weighted by Gasteiger charge is 2.05. The van der Waals surface area contributed by atoms with Gasteiger partial charge in [0.15, 0.2) is 0 Å². The SMILES string of the molecule is Cc1ccc(Oc2ccc(Br)c(C)n2)c(Br)c1. The summed E-state index contributed by atoms with van der Waals surface area (Å²) in [5.41, 5.74) is 2.09. The minimum atomic E-state index is 0.593. The van der Waals surface area contributed by atoms with Crippen LogP contribution in [0.15, 0.2) is 39.3 Å². The third-order valence-electron chi connectivity index (χ3n) is 2.30. The second-order valence-corrected chi connectivity index (χ2v) is 5.46. The van der Waals surface area contributed by atoms with Crippen LogP contribution in [0.25, 0.3) is 0 Å². The van der Waals surface area contributed by atoms with Crippen LogP contribution in [0, 0.1) is 13.8 Å². The maximum Gasteiger partial charge on any atom is 0.219 e. The Labute approximate surface area is 117 Å². The van der Waals surface area contributed by atoms with Gasteiger partial charge in [-0.25, -0.2) is 4.98 Å². The molecule has 4 heteroatoms. The van der Waals surface area contributed by atoms with E-state index in [-0.39, 0.29) is 0 Å². The second kappa shape index (κ2) is 5.19. The van der Waals surface area contributed by atoms with Crippen LogP contribution < -0.4 is 4.74 Å². The lowest BCUT2D eigenvalue weighted by Crippen LogP contribution is -1.91. The van der Waals surface area contributed by atoms with Crippen LogP contribution in [0.5, 0.6) is 11.6 Å². The number of ether oxygens (including phenoxy) is 1. The molecule has 0 atom stereocenters. The van der Waals surface area contributed by atoms with E-state index in [1.807, 2.05) is 44.2 Å². The Hall–Kier alpha value is -0.870. The number of hydrogen-bond donors (Lipinski definition) is 0. The molecule has 0 fully saturated rings. The van der Waals surface area contributed by atoms with Crippen LogP contribution in [0.3, 0.4) is 0 Å². The van der Waals surface area contributed by atoms with Gasteiger partial charge < -0.3 is 4.74 Å². The van der Waals surface area contributed by atoms with Crippen LogP contribution in [-0.2, 0) is 0 Å². The maximum atomic E-state index is 5.72. The van der Waals surface area contributed by atoms with Crippen molar-refractivity contribution in [1.29, 1.82) is 0 Å². The molecule has 0 aliphatic carbocycles. The molecule has 0 aliphatic rings. The largest absolute Gasteiger partial charge is 0.438 e. The predicted octanol–water partition coefficient (Wildman–Crippen LogP) is 5.02. The third kappa shape index (κ3) is 3.07. The molecule has 17 heavy (non-hydrogen) atoms. The predicted molar refractivity (Wildman–Crippen MR) is 75.6 cm³/mol. The lowest BCUT2D eigenvalue weighted by atomic mass is 10.2. The van der Waals surface area contributed by atoms with Crippen molar-refractivity contribution in [3.05, 3.63) is 50.5 Å². The summed E-state index contributed by atoms with van der Waals surface area (Å²) in [5.74, 6) is 1.36. The van der Waals surface area contributed by atoms with Crippen LogP contribution in [0.2, 0.25) is 0 Å². The Morgan fingerprint density at radius 2 is 1.76 bits per heavy atom. The van der Waals surface area contributed by atoms with Gasteiger partial charge >= 0.3 is 0 Å². The number of rotatable bonds is 2. The lowest BCUT2D eigenvalue weighted by molar-refractivity contribution is 0.458. The quantitative estimate of drug-likeness (QED) is 0.754. The summed E-state index contributed by atoms with van der Waals surface area (Å²) in [6, 6.07) is 9.72. The molecular weight excluding hydrogens is 346 g/mol. The van der Waals surface area contributed by atoms with Crippen molar-refractivity contribution in [2.75, 3.05) is 0 Å². The van der Waals surface area contributed by atoms with Gasteiger partial charge in [0, 0.05) is 10.5 Å². The first-order valence-electron chi connectivity index (χ1n) is 5.13. The Bertz CT molecular complexity index is 555. The third-order valence-corrected chi connectivity index (χ3v) is 3.76. The van der Waals surface area contributed by atoms with Gasteiger partial charge in [-0.05, 0) is 69.5 Å². The molecule has 0 amide bonds. The van der Waals surface area contributed by atoms with E-state index in [9.17, 15) is 0 Å². The molecule has 1 aromatic carbocycles. The average Bonchev–Trinajstić information content (AvgIpc) is 2.27. The summed E-state index contributed by atoms with van der Waals surface area (Å²) in [5, 5.41) is 0. The molecule has 2 nitrogen and oxygen atoms in total. The average molecular weight is 357 g/mol. The molecule has 0 radical (unpaired) electrons. The van der Waals surface area contributed by atoms with Crippen molar-refractivity contribution < 1.29 is 4.74 Å². The van der Waals surface area contributed by atoms with Crippen molar-refractivity contribution in [2.24, 2.45) is 0 Å². The molecule has 0 saturated heterocycles. The summed E-state index contributed by atoms with van der Waals surface area (Å²) in [6.45, 7) is 3.97. The maximum absolute atomic E-state index is 5.72. The molecule has 1 aromatic heterocycles. The van der Waals surface area contributed by atoms with E-state index in [0.717, 1.165) is 20.4 Å². The van der Waals surface area contributed by atoms with E-state index in [0.29, 0.717) is 5.88 Å². The molecule has 0 bridgehead atoms. The molecule has 1 heterocycles. The van der Waals surface area contributed by atoms with Crippen LogP contribution in [0.4, 0.5) is 0 Å². The summed E-state index contributed by atoms with van der Waals surface area (Å²) in [6.07, 6.45) is 0. The number of hydrogen-bond acceptors (Lipinski definition) is 2. The first kappa shape index (κ1) is 12.6. The highest BCUT2D eigenvalue weighted by molar-refractivity contribution is 9.10. The molecular formula is C13H11Br2NO. The van der Waals surface area contributed by atoms with Crippen molar-refractivity contribution in [3.8, 4) is 11.6 Å². The highest BCUT2D eigenvalue weighted by Crippen LogP contribution is 2.30. The topological polar surface area (TPSA) is 22.1 Å².